The molecule has 4 rings (SSSR count). The third-order valence-electron chi connectivity index (χ3n) is 8.23. The fraction of sp³-hybridized carbons (Fsp3) is 0.533. The van der Waals surface area contributed by atoms with Crippen molar-refractivity contribution in [2.75, 3.05) is 45.8 Å². The number of carbonyl (C=O) groups excluding carboxylic acids is 2. The van der Waals surface area contributed by atoms with E-state index in [1.54, 1.807) is 25.1 Å². The van der Waals surface area contributed by atoms with Gasteiger partial charge in [-0.05, 0) is 94.7 Å². The minimum absolute atomic E-state index is 0. The molecular formula is C30H35Cl4F6N3O2. The van der Waals surface area contributed by atoms with E-state index in [9.17, 15) is 35.9 Å². The zero-order chi connectivity index (χ0) is 31.5. The SMILES string of the molecule is CC(=O)C1CCN(CCCN2CCN(C(=O)c3cc(C(F)(F)F)cc(C(F)(F)F)c3)[C@H](Cc3ccc(Cl)c(Cl)c3)C2)CC1.Cl.Cl. The van der Waals surface area contributed by atoms with Gasteiger partial charge in [-0.15, -0.1) is 24.8 Å². The van der Waals surface area contributed by atoms with Crippen molar-refractivity contribution in [3.63, 3.8) is 0 Å². The molecule has 1 atom stereocenters. The van der Waals surface area contributed by atoms with Crippen LogP contribution in [0.15, 0.2) is 36.4 Å². The van der Waals surface area contributed by atoms with E-state index in [0.717, 1.165) is 44.5 Å². The van der Waals surface area contributed by atoms with Gasteiger partial charge >= 0.3 is 12.4 Å². The van der Waals surface area contributed by atoms with Gasteiger partial charge in [-0.3, -0.25) is 14.5 Å². The third-order valence-corrected chi connectivity index (χ3v) is 8.97. The molecule has 1 amide bonds. The summed E-state index contributed by atoms with van der Waals surface area (Å²) in [5.41, 5.74) is -2.99. The monoisotopic (exact) mass is 723 g/mol. The zero-order valence-corrected chi connectivity index (χ0v) is 27.5. The summed E-state index contributed by atoms with van der Waals surface area (Å²) < 4.78 is 81.0. The van der Waals surface area contributed by atoms with Crippen LogP contribution in [0.5, 0.6) is 0 Å². The van der Waals surface area contributed by atoms with Crippen molar-refractivity contribution in [3.8, 4) is 0 Å². The Bertz CT molecular complexity index is 1290. The number of nitrogens with zero attached hydrogens (tertiary/aromatic N) is 3. The summed E-state index contributed by atoms with van der Waals surface area (Å²) in [6.45, 7) is 5.80. The normalized spacial score (nSPS) is 18.7. The number of ketones is 1. The van der Waals surface area contributed by atoms with Gasteiger partial charge < -0.3 is 9.80 Å². The number of rotatable bonds is 8. The van der Waals surface area contributed by atoms with E-state index in [1.807, 2.05) is 0 Å². The first-order valence-corrected chi connectivity index (χ1v) is 14.9. The number of hydrogen-bond acceptors (Lipinski definition) is 4. The number of hydrogen-bond donors (Lipinski definition) is 0. The molecular weight excluding hydrogens is 690 g/mol. The van der Waals surface area contributed by atoms with Crippen LogP contribution in [-0.4, -0.2) is 78.2 Å². The molecule has 252 valence electrons. The second-order valence-electron chi connectivity index (χ2n) is 11.3. The molecule has 0 N–H and O–H groups in total. The van der Waals surface area contributed by atoms with Crippen molar-refractivity contribution in [2.45, 2.75) is 51.0 Å². The van der Waals surface area contributed by atoms with Gasteiger partial charge in [-0.2, -0.15) is 26.3 Å². The first-order chi connectivity index (χ1) is 20.1. The predicted molar refractivity (Wildman–Crippen MR) is 167 cm³/mol. The smallest absolute Gasteiger partial charge is 0.333 e. The van der Waals surface area contributed by atoms with Gasteiger partial charge in [0.15, 0.2) is 0 Å². The number of amides is 1. The van der Waals surface area contributed by atoms with Gasteiger partial charge in [0.1, 0.15) is 5.78 Å². The second-order valence-corrected chi connectivity index (χ2v) is 12.1. The van der Waals surface area contributed by atoms with Gasteiger partial charge in [-0.25, -0.2) is 0 Å². The Balaban J connectivity index is 0.00000353. The maximum absolute atomic E-state index is 13.6. The quantitative estimate of drug-likeness (QED) is 0.260. The van der Waals surface area contributed by atoms with E-state index < -0.39 is 41.0 Å². The van der Waals surface area contributed by atoms with Crippen LogP contribution < -0.4 is 0 Å². The molecule has 5 nitrogen and oxygen atoms in total. The summed E-state index contributed by atoms with van der Waals surface area (Å²) >= 11 is 12.2. The maximum atomic E-state index is 13.6. The van der Waals surface area contributed by atoms with E-state index in [0.29, 0.717) is 41.8 Å². The van der Waals surface area contributed by atoms with Crippen LogP contribution in [0.25, 0.3) is 0 Å². The van der Waals surface area contributed by atoms with Crippen LogP contribution >= 0.6 is 48.0 Å². The Morgan fingerprint density at radius 2 is 1.38 bits per heavy atom. The highest BCUT2D eigenvalue weighted by Gasteiger charge is 2.39. The molecule has 2 aromatic carbocycles. The van der Waals surface area contributed by atoms with E-state index in [2.05, 4.69) is 9.80 Å². The molecule has 0 saturated carbocycles. The average molecular weight is 725 g/mol. The van der Waals surface area contributed by atoms with Crippen LogP contribution in [0, 0.1) is 5.92 Å². The fourth-order valence-electron chi connectivity index (χ4n) is 5.83. The molecule has 2 aliphatic rings. The van der Waals surface area contributed by atoms with E-state index >= 15 is 0 Å². The number of likely N-dealkylation sites (tertiary alicyclic amines) is 1. The van der Waals surface area contributed by atoms with Crippen molar-refractivity contribution in [1.29, 1.82) is 0 Å². The second kappa shape index (κ2) is 16.4. The van der Waals surface area contributed by atoms with Crippen LogP contribution in [0.2, 0.25) is 10.0 Å². The van der Waals surface area contributed by atoms with Crippen molar-refractivity contribution in [2.24, 2.45) is 5.92 Å². The van der Waals surface area contributed by atoms with Crippen LogP contribution in [0.3, 0.4) is 0 Å². The molecule has 0 radical (unpaired) electrons. The number of halogens is 10. The lowest BCUT2D eigenvalue weighted by atomic mass is 9.93. The number of benzene rings is 2. The van der Waals surface area contributed by atoms with Crippen molar-refractivity contribution in [3.05, 3.63) is 68.7 Å². The lowest BCUT2D eigenvalue weighted by molar-refractivity contribution is -0.143. The third kappa shape index (κ3) is 10.6. The summed E-state index contributed by atoms with van der Waals surface area (Å²) in [7, 11) is 0. The minimum atomic E-state index is -5.06. The van der Waals surface area contributed by atoms with Gasteiger partial charge in [0.05, 0.1) is 21.2 Å². The summed E-state index contributed by atoms with van der Waals surface area (Å²) in [6.07, 6.45) is -7.32. The molecule has 0 aliphatic carbocycles. The molecule has 2 fully saturated rings. The number of piperidine rings is 1. The Morgan fingerprint density at radius 1 is 0.800 bits per heavy atom. The molecule has 0 aromatic heterocycles. The van der Waals surface area contributed by atoms with E-state index in [-0.39, 0.29) is 55.5 Å². The standard InChI is InChI=1S/C30H33Cl2F6N3O2.2ClH/c1-19(42)21-5-9-39(10-6-21)7-2-8-40-11-12-41(25(18-40)13-20-3-4-26(31)27(32)14-20)28(43)22-15-23(29(33,34)35)17-24(16-22)30(36,37)38;;/h3-4,14-17,21,25H,2,5-13,18H2,1H3;2*1H/t25-;;/m1../s1. The molecule has 0 bridgehead atoms. The Hall–Kier alpha value is -1.76. The van der Waals surface area contributed by atoms with Crippen LogP contribution in [0.4, 0.5) is 26.3 Å². The largest absolute Gasteiger partial charge is 0.416 e. The van der Waals surface area contributed by atoms with E-state index in [4.69, 9.17) is 23.2 Å². The van der Waals surface area contributed by atoms with Crippen molar-refractivity contribution >= 4 is 59.7 Å². The molecule has 2 saturated heterocycles. The molecule has 2 aliphatic heterocycles. The number of piperazine rings is 1. The zero-order valence-electron chi connectivity index (χ0n) is 24.4. The first kappa shape index (κ1) is 39.4. The number of Topliss-reactive ketones (excluding diaryl/α,β-unsaturated/α-hetero) is 1. The Labute approximate surface area is 281 Å². The van der Waals surface area contributed by atoms with E-state index in [1.165, 1.54) is 4.90 Å². The van der Waals surface area contributed by atoms with Crippen LogP contribution in [-0.2, 0) is 23.6 Å². The Morgan fingerprint density at radius 3 is 1.91 bits per heavy atom. The fourth-order valence-corrected chi connectivity index (χ4v) is 6.15. The van der Waals surface area contributed by atoms with Crippen LogP contribution in [0.1, 0.15) is 53.2 Å². The van der Waals surface area contributed by atoms with Gasteiger partial charge in [0.2, 0.25) is 0 Å². The number of alkyl halides is 6. The predicted octanol–water partition coefficient (Wildman–Crippen LogP) is 7.93. The van der Waals surface area contributed by atoms with Crippen molar-refractivity contribution in [1.82, 2.24) is 14.7 Å². The van der Waals surface area contributed by atoms with Gasteiger partial charge in [-0.1, -0.05) is 29.3 Å². The summed E-state index contributed by atoms with van der Waals surface area (Å²) in [6, 6.07) is 5.42. The lowest BCUT2D eigenvalue weighted by Crippen LogP contribution is -2.56. The minimum Gasteiger partial charge on any atom is -0.333 e. The highest BCUT2D eigenvalue weighted by molar-refractivity contribution is 6.42. The van der Waals surface area contributed by atoms with Crippen molar-refractivity contribution < 1.29 is 35.9 Å². The summed E-state index contributed by atoms with van der Waals surface area (Å²) in [5, 5.41) is 0.630. The maximum Gasteiger partial charge on any atom is 0.416 e. The van der Waals surface area contributed by atoms with Gasteiger partial charge in [0, 0.05) is 37.2 Å². The molecule has 2 aromatic rings. The summed E-state index contributed by atoms with van der Waals surface area (Å²) in [4.78, 5) is 31.1. The highest BCUT2D eigenvalue weighted by atomic mass is 35.5. The highest BCUT2D eigenvalue weighted by Crippen LogP contribution is 2.37. The van der Waals surface area contributed by atoms with Gasteiger partial charge in [0.25, 0.3) is 5.91 Å². The molecule has 45 heavy (non-hydrogen) atoms. The molecule has 2 heterocycles. The molecule has 0 spiro atoms. The first-order valence-electron chi connectivity index (χ1n) is 14.1. The summed E-state index contributed by atoms with van der Waals surface area (Å²) in [5.74, 6) is -0.553. The molecule has 15 heteroatoms. The lowest BCUT2D eigenvalue weighted by Gasteiger charge is -2.42. The topological polar surface area (TPSA) is 43.9 Å². The average Bonchev–Trinajstić information content (AvgIpc) is 2.94. The Kier molecular flexibility index (Phi) is 14.3. The molecule has 0 unspecified atom stereocenters. The number of carbonyl (C=O) groups is 2.